The molecule has 0 saturated carbocycles. The highest BCUT2D eigenvalue weighted by Crippen LogP contribution is 2.23. The number of alkyl halides is 2. The SMILES string of the molecule is CC(O)CNC(=O)C(CO)c1ccc(Nc2ncc(-c3ccc(OC(F)F)cc3)cn2)cn1. The Morgan fingerprint density at radius 1 is 1.03 bits per heavy atom. The first-order chi connectivity index (χ1) is 15.9. The van der Waals surface area contributed by atoms with Gasteiger partial charge in [-0.25, -0.2) is 9.97 Å². The molecule has 2 atom stereocenters. The number of carbonyl (C=O) groups excluding carboxylic acids is 1. The van der Waals surface area contributed by atoms with Gasteiger partial charge in [0.2, 0.25) is 11.9 Å². The molecule has 1 amide bonds. The number of aliphatic hydroxyl groups is 2. The van der Waals surface area contributed by atoms with Crippen molar-refractivity contribution in [1.29, 1.82) is 0 Å². The monoisotopic (exact) mass is 459 g/mol. The first-order valence-electron chi connectivity index (χ1n) is 10.0. The number of amides is 1. The lowest BCUT2D eigenvalue weighted by Gasteiger charge is -2.15. The topological polar surface area (TPSA) is 129 Å². The summed E-state index contributed by atoms with van der Waals surface area (Å²) in [6.45, 7) is -1.68. The molecule has 3 rings (SSSR count). The standard InChI is InChI=1S/C22H23F2N5O4/c1-13(31)8-26-20(32)18(12-30)19-7-4-16(11-25-19)29-22-27-9-15(10-28-22)14-2-5-17(6-3-14)33-21(23)24/h2-7,9-11,13,18,21,30-31H,8,12H2,1H3,(H,26,32)(H,27,28,29). The van der Waals surface area contributed by atoms with Crippen LogP contribution in [0.25, 0.3) is 11.1 Å². The lowest BCUT2D eigenvalue weighted by molar-refractivity contribution is -0.123. The Morgan fingerprint density at radius 2 is 1.73 bits per heavy atom. The van der Waals surface area contributed by atoms with Crippen molar-refractivity contribution in [3.8, 4) is 16.9 Å². The van der Waals surface area contributed by atoms with Crippen LogP contribution in [-0.4, -0.2) is 56.9 Å². The number of aromatic nitrogens is 3. The fourth-order valence-corrected chi connectivity index (χ4v) is 2.87. The fourth-order valence-electron chi connectivity index (χ4n) is 2.87. The molecular formula is C22H23F2N5O4. The Balaban J connectivity index is 1.62. The van der Waals surface area contributed by atoms with E-state index in [-0.39, 0.29) is 12.3 Å². The molecule has 11 heteroatoms. The lowest BCUT2D eigenvalue weighted by atomic mass is 10.0. The van der Waals surface area contributed by atoms with Crippen molar-refractivity contribution in [1.82, 2.24) is 20.3 Å². The zero-order chi connectivity index (χ0) is 23.8. The quantitative estimate of drug-likeness (QED) is 0.364. The maximum Gasteiger partial charge on any atom is 0.387 e. The minimum absolute atomic E-state index is 0.0628. The summed E-state index contributed by atoms with van der Waals surface area (Å²) in [5.41, 5.74) is 2.37. The van der Waals surface area contributed by atoms with E-state index in [1.54, 1.807) is 43.6 Å². The molecule has 0 saturated heterocycles. The van der Waals surface area contributed by atoms with Gasteiger partial charge in [0.05, 0.1) is 30.3 Å². The predicted molar refractivity (Wildman–Crippen MR) is 116 cm³/mol. The maximum atomic E-state index is 12.2. The van der Waals surface area contributed by atoms with Gasteiger partial charge in [-0.15, -0.1) is 0 Å². The van der Waals surface area contributed by atoms with Crippen LogP contribution in [0.1, 0.15) is 18.5 Å². The van der Waals surface area contributed by atoms with Crippen LogP contribution in [0.5, 0.6) is 5.75 Å². The summed E-state index contributed by atoms with van der Waals surface area (Å²) in [5, 5.41) is 24.4. The number of pyridine rings is 1. The van der Waals surface area contributed by atoms with Gasteiger partial charge in [-0.05, 0) is 36.8 Å². The zero-order valence-electron chi connectivity index (χ0n) is 17.7. The van der Waals surface area contributed by atoms with Crippen molar-refractivity contribution >= 4 is 17.5 Å². The summed E-state index contributed by atoms with van der Waals surface area (Å²) in [6, 6.07) is 9.40. The normalized spacial score (nSPS) is 12.8. The molecule has 2 heterocycles. The van der Waals surface area contributed by atoms with Crippen LogP contribution in [0.3, 0.4) is 0 Å². The van der Waals surface area contributed by atoms with Crippen LogP contribution in [0, 0.1) is 0 Å². The molecule has 1 aromatic carbocycles. The number of anilines is 2. The molecule has 0 fully saturated rings. The minimum atomic E-state index is -2.88. The van der Waals surface area contributed by atoms with Crippen LogP contribution in [0.15, 0.2) is 55.0 Å². The van der Waals surface area contributed by atoms with E-state index < -0.39 is 31.1 Å². The molecule has 0 aliphatic heterocycles. The number of nitrogens with zero attached hydrogens (tertiary/aromatic N) is 3. The van der Waals surface area contributed by atoms with Crippen molar-refractivity contribution in [3.05, 3.63) is 60.7 Å². The Morgan fingerprint density at radius 3 is 2.27 bits per heavy atom. The molecule has 3 aromatic rings. The smallest absolute Gasteiger partial charge is 0.387 e. The number of rotatable bonds is 10. The molecule has 0 bridgehead atoms. The number of hydrogen-bond donors (Lipinski definition) is 4. The van der Waals surface area contributed by atoms with Crippen molar-refractivity contribution in [2.45, 2.75) is 25.6 Å². The maximum absolute atomic E-state index is 12.2. The van der Waals surface area contributed by atoms with E-state index in [1.807, 2.05) is 0 Å². The van der Waals surface area contributed by atoms with Gasteiger partial charge < -0.3 is 25.6 Å². The van der Waals surface area contributed by atoms with E-state index in [2.05, 4.69) is 30.3 Å². The third-order valence-corrected chi connectivity index (χ3v) is 4.53. The number of ether oxygens (including phenoxy) is 1. The van der Waals surface area contributed by atoms with Gasteiger partial charge in [0, 0.05) is 24.5 Å². The molecule has 2 aromatic heterocycles. The molecule has 0 spiro atoms. The Kier molecular flexibility index (Phi) is 8.17. The molecule has 33 heavy (non-hydrogen) atoms. The van der Waals surface area contributed by atoms with Gasteiger partial charge in [-0.2, -0.15) is 8.78 Å². The Hall–Kier alpha value is -3.70. The molecule has 2 unspecified atom stereocenters. The largest absolute Gasteiger partial charge is 0.435 e. The molecule has 174 valence electrons. The van der Waals surface area contributed by atoms with Gasteiger partial charge in [0.15, 0.2) is 0 Å². The minimum Gasteiger partial charge on any atom is -0.435 e. The second-order valence-electron chi connectivity index (χ2n) is 7.12. The van der Waals surface area contributed by atoms with Crippen molar-refractivity contribution < 1.29 is 28.5 Å². The van der Waals surface area contributed by atoms with E-state index in [9.17, 15) is 23.8 Å². The van der Waals surface area contributed by atoms with Crippen LogP contribution < -0.4 is 15.4 Å². The van der Waals surface area contributed by atoms with Gasteiger partial charge in [0.1, 0.15) is 11.7 Å². The number of halogens is 2. The molecule has 0 aliphatic carbocycles. The van der Waals surface area contributed by atoms with Crippen LogP contribution in [0.2, 0.25) is 0 Å². The molecule has 0 radical (unpaired) electrons. The first-order valence-corrected chi connectivity index (χ1v) is 10.0. The van der Waals surface area contributed by atoms with Gasteiger partial charge in [0.25, 0.3) is 0 Å². The van der Waals surface area contributed by atoms with Crippen molar-refractivity contribution in [2.24, 2.45) is 0 Å². The summed E-state index contributed by atoms with van der Waals surface area (Å²) >= 11 is 0. The van der Waals surface area contributed by atoms with E-state index >= 15 is 0 Å². The van der Waals surface area contributed by atoms with Crippen LogP contribution in [-0.2, 0) is 4.79 Å². The summed E-state index contributed by atoms with van der Waals surface area (Å²) in [7, 11) is 0. The van der Waals surface area contributed by atoms with E-state index in [0.717, 1.165) is 5.56 Å². The predicted octanol–water partition coefficient (Wildman–Crippen LogP) is 2.46. The number of aliphatic hydroxyl groups excluding tert-OH is 2. The summed E-state index contributed by atoms with van der Waals surface area (Å²) in [6.07, 6.45) is 3.94. The molecule has 0 aliphatic rings. The van der Waals surface area contributed by atoms with Gasteiger partial charge in [-0.1, -0.05) is 12.1 Å². The van der Waals surface area contributed by atoms with E-state index in [0.29, 0.717) is 22.9 Å². The highest BCUT2D eigenvalue weighted by atomic mass is 19.3. The van der Waals surface area contributed by atoms with Crippen molar-refractivity contribution in [2.75, 3.05) is 18.5 Å². The lowest BCUT2D eigenvalue weighted by Crippen LogP contribution is -2.36. The summed E-state index contributed by atoms with van der Waals surface area (Å²) < 4.78 is 28.8. The third-order valence-electron chi connectivity index (χ3n) is 4.53. The second-order valence-corrected chi connectivity index (χ2v) is 7.12. The summed E-state index contributed by atoms with van der Waals surface area (Å²) in [5.74, 6) is -0.919. The number of benzene rings is 1. The number of hydrogen-bond acceptors (Lipinski definition) is 8. The second kappa shape index (κ2) is 11.2. The molecule has 4 N–H and O–H groups in total. The molecule has 9 nitrogen and oxygen atoms in total. The average Bonchev–Trinajstić information content (AvgIpc) is 2.80. The fraction of sp³-hybridized carbons (Fsp3) is 0.273. The van der Waals surface area contributed by atoms with Gasteiger partial charge in [-0.3, -0.25) is 9.78 Å². The zero-order valence-corrected chi connectivity index (χ0v) is 17.7. The van der Waals surface area contributed by atoms with Crippen LogP contribution >= 0.6 is 0 Å². The average molecular weight is 459 g/mol. The number of nitrogens with one attached hydrogen (secondary N) is 2. The highest BCUT2D eigenvalue weighted by molar-refractivity contribution is 5.83. The van der Waals surface area contributed by atoms with E-state index in [1.165, 1.54) is 18.3 Å². The van der Waals surface area contributed by atoms with Crippen LogP contribution in [0.4, 0.5) is 20.4 Å². The third kappa shape index (κ3) is 6.89. The Bertz CT molecular complexity index is 1030. The van der Waals surface area contributed by atoms with Gasteiger partial charge >= 0.3 is 6.61 Å². The van der Waals surface area contributed by atoms with E-state index in [4.69, 9.17) is 0 Å². The Labute approximate surface area is 188 Å². The van der Waals surface area contributed by atoms with Crippen molar-refractivity contribution in [3.63, 3.8) is 0 Å². The molecular weight excluding hydrogens is 436 g/mol. The number of carbonyl (C=O) groups is 1. The summed E-state index contributed by atoms with van der Waals surface area (Å²) in [4.78, 5) is 24.9. The highest BCUT2D eigenvalue weighted by Gasteiger charge is 2.21. The first kappa shape index (κ1) is 24.0.